The Hall–Kier alpha value is -4.51. The van der Waals surface area contributed by atoms with Crippen LogP contribution in [0.3, 0.4) is 0 Å². The quantitative estimate of drug-likeness (QED) is 0.232. The van der Waals surface area contributed by atoms with Crippen molar-refractivity contribution in [2.45, 2.75) is 90.4 Å². The molecule has 5 rings (SSSR count). The molecule has 0 radical (unpaired) electrons. The molecule has 2 aromatic carbocycles. The second-order valence-corrected chi connectivity index (χ2v) is 13.2. The summed E-state index contributed by atoms with van der Waals surface area (Å²) in [6.45, 7) is 7.86. The largest absolute Gasteiger partial charge is 0.344 e. The van der Waals surface area contributed by atoms with E-state index in [1.807, 2.05) is 54.3 Å². The first-order valence-corrected chi connectivity index (χ1v) is 17.9. The molecule has 2 atom stereocenters. The Morgan fingerprint density at radius 1 is 0.816 bits per heavy atom. The van der Waals surface area contributed by atoms with Gasteiger partial charge in [-0.1, -0.05) is 75.1 Å². The summed E-state index contributed by atoms with van der Waals surface area (Å²) in [5.74, 6) is -0.756. The smallest absolute Gasteiger partial charge is 0.270 e. The zero-order chi connectivity index (χ0) is 34.6. The number of aryl methyl sites for hydroxylation is 1. The number of nitrogens with zero attached hydrogens (tertiary/aromatic N) is 4. The SMILES string of the molecule is CCC(=O)N[C@H](Cc1ccc(NC(=O)[C@@H](NC(=O)c2ccnn2CC)C2CCCCCC2)cc1)C(=O)N1CCN(Cc2ccccc2)CC1. The molecule has 0 unspecified atom stereocenters. The molecule has 2 heterocycles. The Balaban J connectivity index is 1.21. The van der Waals surface area contributed by atoms with Gasteiger partial charge in [0.05, 0.1) is 0 Å². The van der Waals surface area contributed by atoms with Crippen LogP contribution in [-0.2, 0) is 33.9 Å². The summed E-state index contributed by atoms with van der Waals surface area (Å²) < 4.78 is 1.63. The molecule has 4 amide bonds. The summed E-state index contributed by atoms with van der Waals surface area (Å²) in [6, 6.07) is 18.0. The molecule has 2 aliphatic rings. The number of carbonyl (C=O) groups is 4. The van der Waals surface area contributed by atoms with Crippen LogP contribution in [0.15, 0.2) is 66.9 Å². The first-order valence-electron chi connectivity index (χ1n) is 17.9. The molecule has 3 aromatic rings. The number of amides is 4. The normalized spacial score (nSPS) is 17.1. The van der Waals surface area contributed by atoms with E-state index in [9.17, 15) is 19.2 Å². The molecule has 0 spiro atoms. The maximum absolute atomic E-state index is 13.7. The third kappa shape index (κ3) is 10.0. The zero-order valence-corrected chi connectivity index (χ0v) is 28.9. The van der Waals surface area contributed by atoms with Gasteiger partial charge in [-0.15, -0.1) is 0 Å². The highest BCUT2D eigenvalue weighted by atomic mass is 16.2. The highest BCUT2D eigenvalue weighted by Crippen LogP contribution is 2.27. The number of carbonyl (C=O) groups excluding carboxylic acids is 4. The maximum atomic E-state index is 13.7. The Labute approximate surface area is 289 Å². The lowest BCUT2D eigenvalue weighted by molar-refractivity contribution is -0.138. The van der Waals surface area contributed by atoms with Crippen molar-refractivity contribution < 1.29 is 19.2 Å². The molecule has 1 aromatic heterocycles. The molecule has 0 bridgehead atoms. The summed E-state index contributed by atoms with van der Waals surface area (Å²) >= 11 is 0. The molecule has 3 N–H and O–H groups in total. The van der Waals surface area contributed by atoms with Gasteiger partial charge in [0.1, 0.15) is 17.8 Å². The van der Waals surface area contributed by atoms with Gasteiger partial charge in [0, 0.05) is 64.0 Å². The molecule has 11 nitrogen and oxygen atoms in total. The highest BCUT2D eigenvalue weighted by Gasteiger charge is 2.32. The lowest BCUT2D eigenvalue weighted by Gasteiger charge is -2.36. The summed E-state index contributed by atoms with van der Waals surface area (Å²) in [4.78, 5) is 57.4. The monoisotopic (exact) mass is 669 g/mol. The number of anilines is 1. The van der Waals surface area contributed by atoms with Crippen molar-refractivity contribution in [1.29, 1.82) is 0 Å². The summed E-state index contributed by atoms with van der Waals surface area (Å²) in [5, 5.41) is 13.2. The van der Waals surface area contributed by atoms with E-state index in [0.29, 0.717) is 43.9 Å². The van der Waals surface area contributed by atoms with Gasteiger partial charge in [-0.05, 0) is 55.0 Å². The average molecular weight is 670 g/mol. The lowest BCUT2D eigenvalue weighted by Crippen LogP contribution is -2.55. The molecule has 11 heteroatoms. The van der Waals surface area contributed by atoms with Crippen LogP contribution in [0.2, 0.25) is 0 Å². The van der Waals surface area contributed by atoms with Gasteiger partial charge in [0.15, 0.2) is 0 Å². The van der Waals surface area contributed by atoms with Gasteiger partial charge in [0.25, 0.3) is 5.91 Å². The summed E-state index contributed by atoms with van der Waals surface area (Å²) in [7, 11) is 0. The van der Waals surface area contributed by atoms with Crippen molar-refractivity contribution >= 4 is 29.3 Å². The number of nitrogens with one attached hydrogen (secondary N) is 3. The van der Waals surface area contributed by atoms with E-state index < -0.39 is 12.1 Å². The third-order valence-corrected chi connectivity index (χ3v) is 9.74. The number of hydrogen-bond donors (Lipinski definition) is 3. The third-order valence-electron chi connectivity index (χ3n) is 9.74. The van der Waals surface area contributed by atoms with Crippen molar-refractivity contribution in [3.63, 3.8) is 0 Å². The van der Waals surface area contributed by atoms with Crippen LogP contribution in [0.4, 0.5) is 5.69 Å². The minimum atomic E-state index is -0.681. The van der Waals surface area contributed by atoms with Crippen molar-refractivity contribution in [1.82, 2.24) is 30.2 Å². The molecule has 1 saturated carbocycles. The lowest BCUT2D eigenvalue weighted by atomic mass is 9.91. The molecule has 1 saturated heterocycles. The fourth-order valence-electron chi connectivity index (χ4n) is 6.90. The zero-order valence-electron chi connectivity index (χ0n) is 28.9. The first-order chi connectivity index (χ1) is 23.8. The van der Waals surface area contributed by atoms with Crippen LogP contribution < -0.4 is 16.0 Å². The van der Waals surface area contributed by atoms with Crippen molar-refractivity contribution in [3.8, 4) is 0 Å². The van der Waals surface area contributed by atoms with Crippen LogP contribution in [-0.4, -0.2) is 81.5 Å². The summed E-state index contributed by atoms with van der Waals surface area (Å²) in [6.07, 6.45) is 8.32. The second-order valence-electron chi connectivity index (χ2n) is 13.2. The Bertz CT molecular complexity index is 1520. The van der Waals surface area contributed by atoms with Crippen LogP contribution in [0.1, 0.15) is 80.4 Å². The Morgan fingerprint density at radius 2 is 1.51 bits per heavy atom. The topological polar surface area (TPSA) is 129 Å². The van der Waals surface area contributed by atoms with Crippen molar-refractivity contribution in [2.75, 3.05) is 31.5 Å². The predicted molar refractivity (Wildman–Crippen MR) is 190 cm³/mol. The standard InChI is InChI=1S/C38H51N7O4/c1-3-34(46)41-32(38(49)44-24-22-43(23-25-44)27-29-12-8-7-9-13-29)26-28-16-18-31(19-17-28)40-37(48)35(30-14-10-5-6-11-15-30)42-36(47)33-20-21-39-45(33)4-2/h7-9,12-13,16-21,30,32,35H,3-6,10-11,14-15,22-27H2,1-2H3,(H,40,48)(H,41,46)(H,42,47)/t32-,35+/m1/s1. The average Bonchev–Trinajstić information content (AvgIpc) is 3.46. The van der Waals surface area contributed by atoms with E-state index in [-0.39, 0.29) is 29.5 Å². The van der Waals surface area contributed by atoms with Crippen molar-refractivity contribution in [2.24, 2.45) is 5.92 Å². The highest BCUT2D eigenvalue weighted by molar-refractivity contribution is 6.00. The van der Waals surface area contributed by atoms with Crippen LogP contribution in [0.25, 0.3) is 0 Å². The van der Waals surface area contributed by atoms with Gasteiger partial charge >= 0.3 is 0 Å². The fourth-order valence-corrected chi connectivity index (χ4v) is 6.90. The molecular formula is C38H51N7O4. The summed E-state index contributed by atoms with van der Waals surface area (Å²) in [5.41, 5.74) is 3.17. The predicted octanol–water partition coefficient (Wildman–Crippen LogP) is 4.39. The maximum Gasteiger partial charge on any atom is 0.270 e. The number of piperazine rings is 1. The van der Waals surface area contributed by atoms with E-state index in [4.69, 9.17) is 0 Å². The van der Waals surface area contributed by atoms with Gasteiger partial charge < -0.3 is 20.9 Å². The molecule has 2 fully saturated rings. The minimum Gasteiger partial charge on any atom is -0.344 e. The first kappa shape index (κ1) is 35.8. The second kappa shape index (κ2) is 17.8. The number of aromatic nitrogens is 2. The Kier molecular flexibility index (Phi) is 13.0. The molecular weight excluding hydrogens is 618 g/mol. The Morgan fingerprint density at radius 3 is 2.16 bits per heavy atom. The molecule has 49 heavy (non-hydrogen) atoms. The molecule has 1 aliphatic heterocycles. The fraction of sp³-hybridized carbons (Fsp3) is 0.500. The van der Waals surface area contributed by atoms with Crippen LogP contribution in [0, 0.1) is 5.92 Å². The number of benzene rings is 2. The van der Waals surface area contributed by atoms with E-state index in [1.54, 1.807) is 23.9 Å². The number of rotatable bonds is 13. The van der Waals surface area contributed by atoms with E-state index in [1.165, 1.54) is 5.56 Å². The van der Waals surface area contributed by atoms with Crippen LogP contribution in [0.5, 0.6) is 0 Å². The van der Waals surface area contributed by atoms with Crippen molar-refractivity contribution in [3.05, 3.63) is 83.7 Å². The van der Waals surface area contributed by atoms with E-state index >= 15 is 0 Å². The molecule has 262 valence electrons. The minimum absolute atomic E-state index is 0.0397. The molecule has 1 aliphatic carbocycles. The van der Waals surface area contributed by atoms with Gasteiger partial charge in [-0.2, -0.15) is 5.10 Å². The van der Waals surface area contributed by atoms with Crippen LogP contribution >= 0.6 is 0 Å². The van der Waals surface area contributed by atoms with Gasteiger partial charge in [-0.25, -0.2) is 0 Å². The van der Waals surface area contributed by atoms with Gasteiger partial charge in [0.2, 0.25) is 17.7 Å². The number of hydrogen-bond acceptors (Lipinski definition) is 6. The van der Waals surface area contributed by atoms with E-state index in [0.717, 1.165) is 63.7 Å². The van der Waals surface area contributed by atoms with Gasteiger partial charge in [-0.3, -0.25) is 28.8 Å². The van der Waals surface area contributed by atoms with E-state index in [2.05, 4.69) is 38.1 Å².